The van der Waals surface area contributed by atoms with E-state index in [1.807, 2.05) is 6.07 Å². The van der Waals surface area contributed by atoms with Gasteiger partial charge in [-0.05, 0) is 49.8 Å². The minimum Gasteiger partial charge on any atom is -0.507 e. The van der Waals surface area contributed by atoms with Crippen molar-refractivity contribution in [2.75, 3.05) is 0 Å². The second-order valence-electron chi connectivity index (χ2n) is 4.84. The molecule has 0 saturated carbocycles. The van der Waals surface area contributed by atoms with Crippen LogP contribution in [0.4, 0.5) is 0 Å². The largest absolute Gasteiger partial charge is 0.507 e. The molecule has 0 heterocycles. The second kappa shape index (κ2) is 5.30. The number of aromatic hydroxyl groups is 1. The molecule has 0 spiro atoms. The van der Waals surface area contributed by atoms with Crippen molar-refractivity contribution < 1.29 is 19.8 Å². The smallest absolute Gasteiger partial charge is 0.325 e. The van der Waals surface area contributed by atoms with Gasteiger partial charge < -0.3 is 15.5 Å². The van der Waals surface area contributed by atoms with E-state index < -0.39 is 17.9 Å². The molecule has 1 aliphatic carbocycles. The van der Waals surface area contributed by atoms with E-state index in [2.05, 4.69) is 5.32 Å². The minimum absolute atomic E-state index is 0.00714. The van der Waals surface area contributed by atoms with E-state index in [-0.39, 0.29) is 11.3 Å². The van der Waals surface area contributed by atoms with Gasteiger partial charge >= 0.3 is 5.97 Å². The Hall–Kier alpha value is -2.04. The summed E-state index contributed by atoms with van der Waals surface area (Å²) in [5.74, 6) is -1.67. The maximum absolute atomic E-state index is 11.9. The van der Waals surface area contributed by atoms with Crippen LogP contribution in [-0.2, 0) is 17.6 Å². The molecule has 0 unspecified atom stereocenters. The summed E-state index contributed by atoms with van der Waals surface area (Å²) in [7, 11) is 0. The Bertz CT molecular complexity index is 524. The highest BCUT2D eigenvalue weighted by Crippen LogP contribution is 2.31. The van der Waals surface area contributed by atoms with Crippen LogP contribution in [0.15, 0.2) is 12.1 Å². The average Bonchev–Trinajstić information content (AvgIpc) is 2.39. The molecule has 5 heteroatoms. The van der Waals surface area contributed by atoms with E-state index in [1.165, 1.54) is 6.92 Å². The van der Waals surface area contributed by atoms with Gasteiger partial charge in [0.1, 0.15) is 11.8 Å². The third kappa shape index (κ3) is 2.70. The summed E-state index contributed by atoms with van der Waals surface area (Å²) in [4.78, 5) is 22.6. The zero-order valence-electron chi connectivity index (χ0n) is 10.8. The highest BCUT2D eigenvalue weighted by Gasteiger charge is 2.22. The standard InChI is InChI=1S/C14H17NO4/c1-8(14(18)19)15-13(17)11-7-6-9-4-2-3-5-10(9)12(11)16/h6-8,16H,2-5H2,1H3,(H,15,17)(H,18,19)/t8-/m0/s1. The molecule has 1 atom stereocenters. The van der Waals surface area contributed by atoms with Crippen LogP contribution < -0.4 is 5.32 Å². The first kappa shape index (κ1) is 13.4. The predicted molar refractivity (Wildman–Crippen MR) is 69.3 cm³/mol. The number of amides is 1. The molecule has 0 radical (unpaired) electrons. The second-order valence-corrected chi connectivity index (χ2v) is 4.84. The van der Waals surface area contributed by atoms with E-state index in [0.717, 1.165) is 36.8 Å². The molecule has 1 aromatic rings. The zero-order valence-corrected chi connectivity index (χ0v) is 10.8. The monoisotopic (exact) mass is 263 g/mol. The molecule has 19 heavy (non-hydrogen) atoms. The summed E-state index contributed by atoms with van der Waals surface area (Å²) in [6, 6.07) is 2.42. The summed E-state index contributed by atoms with van der Waals surface area (Å²) in [6.07, 6.45) is 3.76. The Kier molecular flexibility index (Phi) is 3.74. The number of nitrogens with one attached hydrogen (secondary N) is 1. The fourth-order valence-corrected chi connectivity index (χ4v) is 2.33. The molecule has 1 amide bonds. The molecule has 0 aromatic heterocycles. The molecule has 1 aromatic carbocycles. The van der Waals surface area contributed by atoms with Crippen molar-refractivity contribution in [2.45, 2.75) is 38.6 Å². The van der Waals surface area contributed by atoms with Gasteiger partial charge in [0.15, 0.2) is 0 Å². The summed E-state index contributed by atoms with van der Waals surface area (Å²) >= 11 is 0. The van der Waals surface area contributed by atoms with Crippen LogP contribution >= 0.6 is 0 Å². The quantitative estimate of drug-likeness (QED) is 0.770. The molecule has 0 aliphatic heterocycles. The first-order valence-electron chi connectivity index (χ1n) is 6.38. The van der Waals surface area contributed by atoms with Gasteiger partial charge in [-0.2, -0.15) is 0 Å². The number of carboxylic acids is 1. The summed E-state index contributed by atoms with van der Waals surface area (Å²) < 4.78 is 0. The number of phenols is 1. The number of phenolic OH excluding ortho intramolecular Hbond substituents is 1. The average molecular weight is 263 g/mol. The molecule has 3 N–H and O–H groups in total. The molecular formula is C14H17NO4. The molecule has 102 valence electrons. The van der Waals surface area contributed by atoms with Crippen LogP contribution in [0, 0.1) is 0 Å². The number of aryl methyl sites for hydroxylation is 1. The Morgan fingerprint density at radius 2 is 1.95 bits per heavy atom. The first-order chi connectivity index (χ1) is 9.00. The number of carbonyl (C=O) groups is 2. The highest BCUT2D eigenvalue weighted by molar-refractivity contribution is 5.99. The van der Waals surface area contributed by atoms with Crippen molar-refractivity contribution >= 4 is 11.9 Å². The number of carbonyl (C=O) groups excluding carboxylic acids is 1. The van der Waals surface area contributed by atoms with Crippen molar-refractivity contribution in [2.24, 2.45) is 0 Å². The number of rotatable bonds is 3. The van der Waals surface area contributed by atoms with E-state index in [4.69, 9.17) is 5.11 Å². The summed E-state index contributed by atoms with van der Waals surface area (Å²) in [5, 5.41) is 21.3. The van der Waals surface area contributed by atoms with Gasteiger partial charge in [-0.25, -0.2) is 0 Å². The lowest BCUT2D eigenvalue weighted by Gasteiger charge is -2.19. The van der Waals surface area contributed by atoms with Crippen molar-refractivity contribution in [3.05, 3.63) is 28.8 Å². The number of aliphatic carboxylic acids is 1. The van der Waals surface area contributed by atoms with Gasteiger partial charge in [-0.3, -0.25) is 9.59 Å². The fraction of sp³-hybridized carbons (Fsp3) is 0.429. The van der Waals surface area contributed by atoms with Crippen LogP contribution in [0.5, 0.6) is 5.75 Å². The van der Waals surface area contributed by atoms with Crippen molar-refractivity contribution in [3.8, 4) is 5.75 Å². The van der Waals surface area contributed by atoms with Crippen LogP contribution in [0.25, 0.3) is 0 Å². The Morgan fingerprint density at radius 3 is 2.63 bits per heavy atom. The fourth-order valence-electron chi connectivity index (χ4n) is 2.33. The van der Waals surface area contributed by atoms with Gasteiger partial charge in [0, 0.05) is 0 Å². The summed E-state index contributed by atoms with van der Waals surface area (Å²) in [5.41, 5.74) is 2.04. The lowest BCUT2D eigenvalue weighted by molar-refractivity contribution is -0.138. The van der Waals surface area contributed by atoms with E-state index in [0.29, 0.717) is 0 Å². The summed E-state index contributed by atoms with van der Waals surface area (Å²) in [6.45, 7) is 1.38. The van der Waals surface area contributed by atoms with Crippen LogP contribution in [0.1, 0.15) is 41.3 Å². The molecule has 5 nitrogen and oxygen atoms in total. The van der Waals surface area contributed by atoms with Crippen molar-refractivity contribution in [1.82, 2.24) is 5.32 Å². The highest BCUT2D eigenvalue weighted by atomic mass is 16.4. The lowest BCUT2D eigenvalue weighted by Crippen LogP contribution is -2.38. The molecule has 2 rings (SSSR count). The predicted octanol–water partition coefficient (Wildman–Crippen LogP) is 1.47. The third-order valence-corrected chi connectivity index (χ3v) is 3.47. The van der Waals surface area contributed by atoms with E-state index in [9.17, 15) is 14.7 Å². The number of fused-ring (bicyclic) bond motifs is 1. The minimum atomic E-state index is -1.11. The number of hydrogen-bond acceptors (Lipinski definition) is 3. The first-order valence-corrected chi connectivity index (χ1v) is 6.38. The maximum atomic E-state index is 11.9. The Morgan fingerprint density at radius 1 is 1.26 bits per heavy atom. The lowest BCUT2D eigenvalue weighted by atomic mass is 9.89. The zero-order chi connectivity index (χ0) is 14.0. The number of benzene rings is 1. The number of hydrogen-bond donors (Lipinski definition) is 3. The molecule has 0 fully saturated rings. The van der Waals surface area contributed by atoms with E-state index >= 15 is 0 Å². The van der Waals surface area contributed by atoms with Gasteiger partial charge in [0.2, 0.25) is 0 Å². The SMILES string of the molecule is C[C@H](NC(=O)c1ccc2c(c1O)CCCC2)C(=O)O. The third-order valence-electron chi connectivity index (χ3n) is 3.47. The Labute approximate surface area is 111 Å². The topological polar surface area (TPSA) is 86.6 Å². The molecule has 0 bridgehead atoms. The maximum Gasteiger partial charge on any atom is 0.325 e. The van der Waals surface area contributed by atoms with Gasteiger partial charge in [-0.1, -0.05) is 6.07 Å². The van der Waals surface area contributed by atoms with Gasteiger partial charge in [0.25, 0.3) is 5.91 Å². The van der Waals surface area contributed by atoms with Crippen molar-refractivity contribution in [1.29, 1.82) is 0 Å². The normalized spacial score (nSPS) is 15.4. The Balaban J connectivity index is 2.25. The van der Waals surface area contributed by atoms with Gasteiger partial charge in [-0.15, -0.1) is 0 Å². The number of carboxylic acid groups (broad SMARTS) is 1. The van der Waals surface area contributed by atoms with Crippen LogP contribution in [0.2, 0.25) is 0 Å². The molecule has 1 aliphatic rings. The van der Waals surface area contributed by atoms with Gasteiger partial charge in [0.05, 0.1) is 5.56 Å². The van der Waals surface area contributed by atoms with Crippen LogP contribution in [0.3, 0.4) is 0 Å². The molecular weight excluding hydrogens is 246 g/mol. The molecule has 0 saturated heterocycles. The van der Waals surface area contributed by atoms with E-state index in [1.54, 1.807) is 6.07 Å². The van der Waals surface area contributed by atoms with Crippen LogP contribution in [-0.4, -0.2) is 28.1 Å². The van der Waals surface area contributed by atoms with Crippen molar-refractivity contribution in [3.63, 3.8) is 0 Å².